The molecule has 0 aliphatic heterocycles. The minimum absolute atomic E-state index is 0.868. The summed E-state index contributed by atoms with van der Waals surface area (Å²) in [6.45, 7) is 2.00. The Morgan fingerprint density at radius 1 is 1.17 bits per heavy atom. The molecule has 0 fully saturated rings. The van der Waals surface area contributed by atoms with Crippen LogP contribution in [0, 0.1) is 6.92 Å². The zero-order valence-electron chi connectivity index (χ0n) is 6.81. The zero-order chi connectivity index (χ0) is 9.56. The van der Waals surface area contributed by atoms with Crippen LogP contribution in [-0.2, 0) is 0 Å². The fourth-order valence-electron chi connectivity index (χ4n) is 0.587. The number of aryl methyl sites for hydroxylation is 1. The summed E-state index contributed by atoms with van der Waals surface area (Å²) in [7, 11) is -2.17. The fraction of sp³-hybridized carbons (Fsp3) is 0.143. The maximum absolute atomic E-state index is 7.17. The van der Waals surface area contributed by atoms with Crippen molar-refractivity contribution in [3.63, 3.8) is 0 Å². The summed E-state index contributed by atoms with van der Waals surface area (Å²) < 4.78 is 0. The second-order valence-electron chi connectivity index (χ2n) is 2.20. The van der Waals surface area contributed by atoms with Crippen LogP contribution >= 0.6 is 0 Å². The summed E-state index contributed by atoms with van der Waals surface area (Å²) in [5.41, 5.74) is 7.53. The molecule has 1 aromatic carbocycles. The molecule has 0 aliphatic rings. The Balaban J connectivity index is 0.000000261. The summed E-state index contributed by atoms with van der Waals surface area (Å²) in [6.07, 6.45) is 0. The Labute approximate surface area is 71.5 Å². The number of rotatable bonds is 0. The van der Waals surface area contributed by atoms with E-state index >= 15 is 0 Å². The van der Waals surface area contributed by atoms with Gasteiger partial charge in [0.2, 0.25) is 0 Å². The van der Waals surface area contributed by atoms with Crippen molar-refractivity contribution >= 4 is 13.0 Å². The van der Waals surface area contributed by atoms with Gasteiger partial charge < -0.3 is 20.8 Å². The molecule has 0 aliphatic carbocycles. The lowest BCUT2D eigenvalue weighted by molar-refractivity contribution is 0.278. The third-order valence-corrected chi connectivity index (χ3v) is 1.19. The highest BCUT2D eigenvalue weighted by molar-refractivity contribution is 6.30. The van der Waals surface area contributed by atoms with E-state index in [4.69, 9.17) is 20.8 Å². The summed E-state index contributed by atoms with van der Waals surface area (Å²) in [4.78, 5) is 0. The van der Waals surface area contributed by atoms with Gasteiger partial charge in [-0.2, -0.15) is 0 Å². The van der Waals surface area contributed by atoms with E-state index < -0.39 is 7.32 Å². The monoisotopic (exact) mass is 169 g/mol. The molecule has 5 N–H and O–H groups in total. The average Bonchev–Trinajstić information content (AvgIpc) is 1.94. The lowest BCUT2D eigenvalue weighted by atomic mass is 10.2. The quantitative estimate of drug-likeness (QED) is 0.312. The first-order chi connectivity index (χ1) is 5.54. The molecule has 0 spiro atoms. The van der Waals surface area contributed by atoms with E-state index in [2.05, 4.69) is 0 Å². The largest absolute Gasteiger partial charge is 0.631 e. The molecule has 0 radical (unpaired) electrons. The minimum Gasteiger partial charge on any atom is -0.402 e. The van der Waals surface area contributed by atoms with E-state index in [1.807, 2.05) is 31.2 Å². The van der Waals surface area contributed by atoms with Gasteiger partial charge in [-0.15, -0.1) is 0 Å². The van der Waals surface area contributed by atoms with Gasteiger partial charge in [0.1, 0.15) is 0 Å². The number of anilines is 1. The van der Waals surface area contributed by atoms with Crippen molar-refractivity contribution < 1.29 is 15.1 Å². The molecule has 1 rings (SSSR count). The molecule has 1 aromatic rings. The van der Waals surface area contributed by atoms with Crippen molar-refractivity contribution in [3.05, 3.63) is 29.8 Å². The minimum atomic E-state index is -2.17. The van der Waals surface area contributed by atoms with Gasteiger partial charge in [-0.05, 0) is 18.6 Å². The Bertz CT molecular complexity index is 206. The third-order valence-electron chi connectivity index (χ3n) is 1.19. The molecule has 12 heavy (non-hydrogen) atoms. The van der Waals surface area contributed by atoms with E-state index in [1.54, 1.807) is 0 Å². The van der Waals surface area contributed by atoms with Gasteiger partial charge >= 0.3 is 7.32 Å². The smallest absolute Gasteiger partial charge is 0.402 e. The lowest BCUT2D eigenvalue weighted by Crippen LogP contribution is -2.07. The lowest BCUT2D eigenvalue weighted by Gasteiger charge is -1.93. The molecule has 4 nitrogen and oxygen atoms in total. The van der Waals surface area contributed by atoms with Gasteiger partial charge in [0.05, 0.1) is 0 Å². The van der Waals surface area contributed by atoms with Crippen molar-refractivity contribution in [1.82, 2.24) is 0 Å². The van der Waals surface area contributed by atoms with E-state index in [-0.39, 0.29) is 0 Å². The predicted molar refractivity (Wildman–Crippen MR) is 48.0 cm³/mol. The summed E-state index contributed by atoms with van der Waals surface area (Å²) in [5.74, 6) is 0. The van der Waals surface area contributed by atoms with Crippen LogP contribution in [0.5, 0.6) is 0 Å². The van der Waals surface area contributed by atoms with Crippen LogP contribution in [0.15, 0.2) is 24.3 Å². The van der Waals surface area contributed by atoms with E-state index in [0.717, 1.165) is 11.3 Å². The van der Waals surface area contributed by atoms with Gasteiger partial charge in [0.15, 0.2) is 0 Å². The molecule has 0 heterocycles. The first kappa shape index (κ1) is 11.0. The highest BCUT2D eigenvalue weighted by Gasteiger charge is 1.92. The van der Waals surface area contributed by atoms with Crippen molar-refractivity contribution in [2.75, 3.05) is 5.73 Å². The molecule has 0 amide bonds. The molecular formula is C7H12BNO3. The van der Waals surface area contributed by atoms with Crippen LogP contribution in [0.25, 0.3) is 0 Å². The topological polar surface area (TPSA) is 86.7 Å². The Morgan fingerprint density at radius 3 is 1.83 bits per heavy atom. The van der Waals surface area contributed by atoms with Crippen molar-refractivity contribution in [2.24, 2.45) is 0 Å². The van der Waals surface area contributed by atoms with Crippen LogP contribution in [0.1, 0.15) is 5.56 Å². The number of nitrogen functional groups attached to an aromatic ring is 1. The number of nitrogens with two attached hydrogens (primary N) is 1. The van der Waals surface area contributed by atoms with E-state index in [0.29, 0.717) is 0 Å². The first-order valence-corrected chi connectivity index (χ1v) is 3.39. The number of benzene rings is 1. The van der Waals surface area contributed by atoms with Crippen LogP contribution in [0.2, 0.25) is 0 Å². The maximum Gasteiger partial charge on any atom is 0.631 e. The molecular weight excluding hydrogens is 157 g/mol. The van der Waals surface area contributed by atoms with Gasteiger partial charge in [0.25, 0.3) is 0 Å². The highest BCUT2D eigenvalue weighted by Crippen LogP contribution is 2.06. The Hall–Kier alpha value is -1.04. The normalized spacial score (nSPS) is 8.33. The molecule has 5 heteroatoms. The third kappa shape index (κ3) is 5.73. The first-order valence-electron chi connectivity index (χ1n) is 3.39. The predicted octanol–water partition coefficient (Wildman–Crippen LogP) is -0.475. The van der Waals surface area contributed by atoms with E-state index in [9.17, 15) is 0 Å². The molecule has 0 atom stereocenters. The zero-order valence-corrected chi connectivity index (χ0v) is 6.81. The molecule has 66 valence electrons. The molecule has 0 unspecified atom stereocenters. The fourth-order valence-corrected chi connectivity index (χ4v) is 0.587. The molecule has 0 aromatic heterocycles. The summed E-state index contributed by atoms with van der Waals surface area (Å²) in [6, 6.07) is 7.80. The van der Waals surface area contributed by atoms with E-state index in [1.165, 1.54) is 0 Å². The number of hydrogen-bond acceptors (Lipinski definition) is 4. The van der Waals surface area contributed by atoms with Crippen molar-refractivity contribution in [2.45, 2.75) is 6.92 Å². The maximum atomic E-state index is 7.17. The van der Waals surface area contributed by atoms with Crippen molar-refractivity contribution in [1.29, 1.82) is 0 Å². The van der Waals surface area contributed by atoms with Crippen LogP contribution < -0.4 is 5.73 Å². The van der Waals surface area contributed by atoms with Gasteiger partial charge in [0, 0.05) is 5.69 Å². The highest BCUT2D eigenvalue weighted by atomic mass is 16.5. The second-order valence-corrected chi connectivity index (χ2v) is 2.20. The van der Waals surface area contributed by atoms with Gasteiger partial charge in [-0.1, -0.05) is 18.2 Å². The number of para-hydroxylation sites is 1. The van der Waals surface area contributed by atoms with Gasteiger partial charge in [-0.25, -0.2) is 0 Å². The van der Waals surface area contributed by atoms with Crippen LogP contribution in [-0.4, -0.2) is 22.4 Å². The Morgan fingerprint density at radius 2 is 1.58 bits per heavy atom. The molecule has 0 saturated carbocycles. The number of hydrogen-bond donors (Lipinski definition) is 4. The summed E-state index contributed by atoms with van der Waals surface area (Å²) >= 11 is 0. The standard InChI is InChI=1S/C7H9N.BH3O3/c1-6-4-2-3-5-7(6)8;2-1(3)4/h2-5H,8H2,1H3;2-4H. The SMILES string of the molecule is Cc1ccccc1N.OB(O)O. The van der Waals surface area contributed by atoms with Crippen LogP contribution in [0.3, 0.4) is 0 Å². The Kier molecular flexibility index (Phi) is 5.11. The van der Waals surface area contributed by atoms with Crippen molar-refractivity contribution in [3.8, 4) is 0 Å². The van der Waals surface area contributed by atoms with Gasteiger partial charge in [-0.3, -0.25) is 0 Å². The second kappa shape index (κ2) is 5.59. The average molecular weight is 169 g/mol. The molecule has 0 bridgehead atoms. The summed E-state index contributed by atoms with van der Waals surface area (Å²) in [5, 5.41) is 21.5. The van der Waals surface area contributed by atoms with Crippen LogP contribution in [0.4, 0.5) is 5.69 Å². The molecule has 0 saturated heterocycles.